The molecule has 0 spiro atoms. The van der Waals surface area contributed by atoms with Crippen LogP contribution in [-0.4, -0.2) is 37.7 Å². The third-order valence-corrected chi connectivity index (χ3v) is 4.02. The van der Waals surface area contributed by atoms with Crippen molar-refractivity contribution in [1.29, 1.82) is 0 Å². The van der Waals surface area contributed by atoms with Gasteiger partial charge < -0.3 is 20.1 Å². The fourth-order valence-electron chi connectivity index (χ4n) is 2.55. The molecule has 2 aromatic carbocycles. The van der Waals surface area contributed by atoms with Gasteiger partial charge in [-0.3, -0.25) is 9.59 Å². The van der Waals surface area contributed by atoms with Crippen molar-refractivity contribution in [2.24, 2.45) is 0 Å². The van der Waals surface area contributed by atoms with E-state index in [2.05, 4.69) is 10.6 Å². The second kappa shape index (κ2) is 11.1. The van der Waals surface area contributed by atoms with Crippen LogP contribution < -0.4 is 15.4 Å². The van der Waals surface area contributed by atoms with Gasteiger partial charge in [-0.25, -0.2) is 0 Å². The zero-order valence-corrected chi connectivity index (χ0v) is 16.7. The van der Waals surface area contributed by atoms with Gasteiger partial charge in [0.25, 0.3) is 11.8 Å². The summed E-state index contributed by atoms with van der Waals surface area (Å²) in [4.78, 5) is 24.6. The molecule has 28 heavy (non-hydrogen) atoms. The van der Waals surface area contributed by atoms with Crippen LogP contribution in [0, 0.1) is 6.92 Å². The van der Waals surface area contributed by atoms with Crippen molar-refractivity contribution < 1.29 is 19.1 Å². The van der Waals surface area contributed by atoms with E-state index in [4.69, 9.17) is 9.47 Å². The van der Waals surface area contributed by atoms with Crippen LogP contribution in [0.1, 0.15) is 36.2 Å². The summed E-state index contributed by atoms with van der Waals surface area (Å²) in [5.41, 5.74) is 2.10. The number of hydrogen-bond donors (Lipinski definition) is 2. The molecule has 0 aliphatic carbocycles. The lowest BCUT2D eigenvalue weighted by molar-refractivity contribution is -0.122. The number of carbonyl (C=O) groups excluding carboxylic acids is 2. The summed E-state index contributed by atoms with van der Waals surface area (Å²) in [7, 11) is 0. The first kappa shape index (κ1) is 21.4. The highest BCUT2D eigenvalue weighted by molar-refractivity contribution is 5.98. The molecule has 0 saturated heterocycles. The molecule has 2 amide bonds. The van der Waals surface area contributed by atoms with Crippen molar-refractivity contribution in [1.82, 2.24) is 5.32 Å². The van der Waals surface area contributed by atoms with Gasteiger partial charge in [0.05, 0.1) is 0 Å². The molecule has 0 saturated carbocycles. The van der Waals surface area contributed by atoms with Crippen molar-refractivity contribution in [2.75, 3.05) is 25.1 Å². The summed E-state index contributed by atoms with van der Waals surface area (Å²) >= 11 is 0. The predicted molar refractivity (Wildman–Crippen MR) is 110 cm³/mol. The van der Waals surface area contributed by atoms with Crippen LogP contribution in [0.5, 0.6) is 5.75 Å². The molecule has 1 unspecified atom stereocenters. The second-order valence-electron chi connectivity index (χ2n) is 6.45. The van der Waals surface area contributed by atoms with E-state index in [0.29, 0.717) is 36.8 Å². The van der Waals surface area contributed by atoms with E-state index in [1.54, 1.807) is 31.2 Å². The Bertz CT molecular complexity index is 792. The third-order valence-electron chi connectivity index (χ3n) is 4.02. The zero-order chi connectivity index (χ0) is 20.4. The number of nitrogens with one attached hydrogen (secondary N) is 2. The maximum absolute atomic E-state index is 12.4. The van der Waals surface area contributed by atoms with Gasteiger partial charge in [-0.15, -0.1) is 0 Å². The Kier molecular flexibility index (Phi) is 8.49. The number of ether oxygens (including phenoxy) is 2. The minimum Gasteiger partial charge on any atom is -0.481 e. The Balaban J connectivity index is 1.88. The molecule has 1 atom stereocenters. The summed E-state index contributed by atoms with van der Waals surface area (Å²) in [5.74, 6) is 0.176. The number of carbonyl (C=O) groups is 2. The van der Waals surface area contributed by atoms with Crippen LogP contribution in [0.4, 0.5) is 5.69 Å². The molecule has 2 N–H and O–H groups in total. The topological polar surface area (TPSA) is 76.7 Å². The van der Waals surface area contributed by atoms with Crippen molar-refractivity contribution >= 4 is 17.5 Å². The Morgan fingerprint density at radius 2 is 1.89 bits per heavy atom. The highest BCUT2D eigenvalue weighted by Crippen LogP contribution is 2.16. The van der Waals surface area contributed by atoms with E-state index in [1.807, 2.05) is 38.1 Å². The average Bonchev–Trinajstić information content (AvgIpc) is 2.68. The number of aryl methyl sites for hydroxylation is 1. The fourth-order valence-corrected chi connectivity index (χ4v) is 2.55. The standard InChI is InChI=1S/C22H28N2O4/c1-4-27-13-7-12-23-22(26)18-9-6-10-19(15-18)24-21(25)17(3)28-20-11-5-8-16(2)14-20/h5-6,8-11,14-15,17H,4,7,12-13H2,1-3H3,(H,23,26)(H,24,25). The summed E-state index contributed by atoms with van der Waals surface area (Å²) in [6.45, 7) is 7.41. The van der Waals surface area contributed by atoms with Gasteiger partial charge in [0.15, 0.2) is 6.10 Å². The van der Waals surface area contributed by atoms with Gasteiger partial charge >= 0.3 is 0 Å². The predicted octanol–water partition coefficient (Wildman–Crippen LogP) is 3.56. The summed E-state index contributed by atoms with van der Waals surface area (Å²) < 4.78 is 10.9. The molecule has 6 nitrogen and oxygen atoms in total. The van der Waals surface area contributed by atoms with Gasteiger partial charge in [0.1, 0.15) is 5.75 Å². The molecule has 0 heterocycles. The van der Waals surface area contributed by atoms with E-state index in [9.17, 15) is 9.59 Å². The minimum absolute atomic E-state index is 0.184. The Labute approximate surface area is 166 Å². The largest absolute Gasteiger partial charge is 0.481 e. The lowest BCUT2D eigenvalue weighted by atomic mass is 10.2. The van der Waals surface area contributed by atoms with Gasteiger partial charge in [0.2, 0.25) is 0 Å². The molecule has 2 aromatic rings. The smallest absolute Gasteiger partial charge is 0.265 e. The molecule has 6 heteroatoms. The highest BCUT2D eigenvalue weighted by atomic mass is 16.5. The maximum Gasteiger partial charge on any atom is 0.265 e. The number of hydrogen-bond acceptors (Lipinski definition) is 4. The molecule has 0 bridgehead atoms. The average molecular weight is 384 g/mol. The lowest BCUT2D eigenvalue weighted by Gasteiger charge is -2.15. The van der Waals surface area contributed by atoms with Gasteiger partial charge in [0, 0.05) is 31.0 Å². The van der Waals surface area contributed by atoms with E-state index in [0.717, 1.165) is 12.0 Å². The fraction of sp³-hybridized carbons (Fsp3) is 0.364. The van der Waals surface area contributed by atoms with E-state index in [1.165, 1.54) is 0 Å². The van der Waals surface area contributed by atoms with Crippen LogP contribution in [0.25, 0.3) is 0 Å². The molecule has 0 aromatic heterocycles. The molecule has 2 rings (SSSR count). The number of benzene rings is 2. The molecule has 0 fully saturated rings. The highest BCUT2D eigenvalue weighted by Gasteiger charge is 2.15. The van der Waals surface area contributed by atoms with Crippen molar-refractivity contribution in [3.8, 4) is 5.75 Å². The van der Waals surface area contributed by atoms with Crippen molar-refractivity contribution in [3.63, 3.8) is 0 Å². The number of anilines is 1. The Morgan fingerprint density at radius 1 is 1.11 bits per heavy atom. The summed E-state index contributed by atoms with van der Waals surface area (Å²) in [6, 6.07) is 14.4. The second-order valence-corrected chi connectivity index (χ2v) is 6.45. The van der Waals surface area contributed by atoms with Crippen LogP contribution >= 0.6 is 0 Å². The third kappa shape index (κ3) is 7.04. The van der Waals surface area contributed by atoms with E-state index >= 15 is 0 Å². The molecule has 0 aliphatic heterocycles. The first-order chi connectivity index (χ1) is 13.5. The van der Waals surface area contributed by atoms with Gasteiger partial charge in [-0.1, -0.05) is 18.2 Å². The van der Waals surface area contributed by atoms with Crippen molar-refractivity contribution in [2.45, 2.75) is 33.3 Å². The Hall–Kier alpha value is -2.86. The minimum atomic E-state index is -0.669. The molecular formula is C22H28N2O4. The summed E-state index contributed by atoms with van der Waals surface area (Å²) in [5, 5.41) is 5.63. The van der Waals surface area contributed by atoms with Crippen LogP contribution in [0.3, 0.4) is 0 Å². The van der Waals surface area contributed by atoms with E-state index < -0.39 is 6.10 Å². The van der Waals surface area contributed by atoms with Crippen molar-refractivity contribution in [3.05, 3.63) is 59.7 Å². The molecule has 150 valence electrons. The molecule has 0 aliphatic rings. The summed E-state index contributed by atoms with van der Waals surface area (Å²) in [6.07, 6.45) is 0.0851. The SMILES string of the molecule is CCOCCCNC(=O)c1cccc(NC(=O)C(C)Oc2cccc(C)c2)c1. The van der Waals surface area contributed by atoms with Gasteiger partial charge in [-0.2, -0.15) is 0 Å². The quantitative estimate of drug-likeness (QED) is 0.614. The monoisotopic (exact) mass is 384 g/mol. The number of amides is 2. The first-order valence-corrected chi connectivity index (χ1v) is 9.49. The zero-order valence-electron chi connectivity index (χ0n) is 16.7. The normalized spacial score (nSPS) is 11.5. The van der Waals surface area contributed by atoms with Crippen LogP contribution in [0.2, 0.25) is 0 Å². The first-order valence-electron chi connectivity index (χ1n) is 9.49. The molecular weight excluding hydrogens is 356 g/mol. The van der Waals surface area contributed by atoms with Crippen LogP contribution in [0.15, 0.2) is 48.5 Å². The van der Waals surface area contributed by atoms with Crippen LogP contribution in [-0.2, 0) is 9.53 Å². The lowest BCUT2D eigenvalue weighted by Crippen LogP contribution is -2.30. The maximum atomic E-state index is 12.4. The molecule has 0 radical (unpaired) electrons. The van der Waals surface area contributed by atoms with Gasteiger partial charge in [-0.05, 0) is 63.1 Å². The Morgan fingerprint density at radius 3 is 2.64 bits per heavy atom. The number of rotatable bonds is 10. The van der Waals surface area contributed by atoms with E-state index in [-0.39, 0.29) is 11.8 Å².